The summed E-state index contributed by atoms with van der Waals surface area (Å²) < 4.78 is 15.5. The molecule has 4 aromatic rings. The molecular formula is C22H16ClFN4OS. The highest BCUT2D eigenvalue weighted by atomic mass is 35.5. The van der Waals surface area contributed by atoms with Gasteiger partial charge < -0.3 is 5.32 Å². The van der Waals surface area contributed by atoms with Crippen LogP contribution in [0.4, 0.5) is 10.1 Å². The van der Waals surface area contributed by atoms with E-state index < -0.39 is 0 Å². The van der Waals surface area contributed by atoms with Gasteiger partial charge in [0, 0.05) is 15.7 Å². The Bertz CT molecular complexity index is 1180. The number of thioether (sulfide) groups is 1. The highest BCUT2D eigenvalue weighted by molar-refractivity contribution is 7.98. The molecule has 3 aromatic carbocycles. The Morgan fingerprint density at radius 3 is 2.70 bits per heavy atom. The fourth-order valence-electron chi connectivity index (χ4n) is 2.88. The van der Waals surface area contributed by atoms with E-state index >= 15 is 0 Å². The molecule has 1 aromatic heterocycles. The van der Waals surface area contributed by atoms with Crippen LogP contribution in [0.2, 0.25) is 5.02 Å². The van der Waals surface area contributed by atoms with Gasteiger partial charge in [0.15, 0.2) is 0 Å². The summed E-state index contributed by atoms with van der Waals surface area (Å²) in [5.74, 6) is -0.142. The minimum Gasteiger partial charge on any atom is -0.320 e. The molecule has 30 heavy (non-hydrogen) atoms. The number of anilines is 1. The summed E-state index contributed by atoms with van der Waals surface area (Å²) in [6, 6.07) is 19.0. The van der Waals surface area contributed by atoms with Gasteiger partial charge in [-0.3, -0.25) is 4.79 Å². The molecule has 0 aliphatic carbocycles. The lowest BCUT2D eigenvalue weighted by molar-refractivity contribution is 0.102. The van der Waals surface area contributed by atoms with E-state index in [1.807, 2.05) is 12.1 Å². The number of nitrogens with one attached hydrogen (secondary N) is 1. The standard InChI is InChI=1S/C22H16ClFN4OS/c23-16-9-10-20(28-14-25-13-26-28)19(11-16)27-22(29)17-6-2-4-8-21(17)30-12-15-5-1-3-7-18(15)24/h1-11,13-14H,12H2,(H,27,29). The maximum Gasteiger partial charge on any atom is 0.256 e. The number of hydrogen-bond acceptors (Lipinski definition) is 4. The summed E-state index contributed by atoms with van der Waals surface area (Å²) in [6.45, 7) is 0. The number of aromatic nitrogens is 3. The molecule has 0 radical (unpaired) electrons. The van der Waals surface area contributed by atoms with Gasteiger partial charge in [-0.15, -0.1) is 11.8 Å². The molecule has 4 rings (SSSR count). The molecular weight excluding hydrogens is 423 g/mol. The average molecular weight is 439 g/mol. The highest BCUT2D eigenvalue weighted by Crippen LogP contribution is 2.29. The summed E-state index contributed by atoms with van der Waals surface area (Å²) >= 11 is 7.54. The number of benzene rings is 3. The second-order valence-corrected chi connectivity index (χ2v) is 7.79. The molecule has 150 valence electrons. The van der Waals surface area contributed by atoms with E-state index in [-0.39, 0.29) is 11.7 Å². The molecule has 0 aliphatic rings. The number of carbonyl (C=O) groups is 1. The Kier molecular flexibility index (Phi) is 6.11. The van der Waals surface area contributed by atoms with Gasteiger partial charge in [-0.05, 0) is 42.0 Å². The van der Waals surface area contributed by atoms with Crippen LogP contribution < -0.4 is 5.32 Å². The first-order valence-corrected chi connectivity index (χ1v) is 10.4. The van der Waals surface area contributed by atoms with E-state index in [4.69, 9.17) is 11.6 Å². The first-order valence-electron chi connectivity index (χ1n) is 9.03. The number of rotatable bonds is 6. The topological polar surface area (TPSA) is 59.8 Å². The lowest BCUT2D eigenvalue weighted by atomic mass is 10.2. The molecule has 0 fully saturated rings. The van der Waals surface area contributed by atoms with Crippen molar-refractivity contribution in [2.45, 2.75) is 10.6 Å². The zero-order valence-corrected chi connectivity index (χ0v) is 17.2. The van der Waals surface area contributed by atoms with Crippen LogP contribution in [0.1, 0.15) is 15.9 Å². The summed E-state index contributed by atoms with van der Waals surface area (Å²) in [5, 5.41) is 7.51. The normalized spacial score (nSPS) is 10.7. The number of nitrogens with zero attached hydrogens (tertiary/aromatic N) is 3. The third kappa shape index (κ3) is 4.53. The van der Waals surface area contributed by atoms with E-state index in [1.165, 1.54) is 30.5 Å². The number of halogens is 2. The van der Waals surface area contributed by atoms with Crippen molar-refractivity contribution >= 4 is 35.0 Å². The van der Waals surface area contributed by atoms with Crippen molar-refractivity contribution in [3.63, 3.8) is 0 Å². The van der Waals surface area contributed by atoms with Gasteiger partial charge in [-0.1, -0.05) is 41.9 Å². The van der Waals surface area contributed by atoms with Crippen LogP contribution in [0, 0.1) is 5.82 Å². The number of amides is 1. The molecule has 1 heterocycles. The van der Waals surface area contributed by atoms with E-state index in [1.54, 1.807) is 53.2 Å². The first kappa shape index (κ1) is 20.1. The summed E-state index contributed by atoms with van der Waals surface area (Å²) in [4.78, 5) is 17.8. The van der Waals surface area contributed by atoms with Crippen molar-refractivity contribution in [2.24, 2.45) is 0 Å². The van der Waals surface area contributed by atoms with E-state index in [0.29, 0.717) is 33.3 Å². The molecule has 1 amide bonds. The summed E-state index contributed by atoms with van der Waals surface area (Å²) in [5.41, 5.74) is 2.22. The fraction of sp³-hybridized carbons (Fsp3) is 0.0455. The van der Waals surface area contributed by atoms with Crippen molar-refractivity contribution in [2.75, 3.05) is 5.32 Å². The van der Waals surface area contributed by atoms with Crippen LogP contribution in [-0.2, 0) is 5.75 Å². The largest absolute Gasteiger partial charge is 0.320 e. The Morgan fingerprint density at radius 1 is 1.10 bits per heavy atom. The average Bonchev–Trinajstić information content (AvgIpc) is 3.28. The van der Waals surface area contributed by atoms with Crippen LogP contribution in [0.3, 0.4) is 0 Å². The highest BCUT2D eigenvalue weighted by Gasteiger charge is 2.15. The lowest BCUT2D eigenvalue weighted by Gasteiger charge is -2.13. The van der Waals surface area contributed by atoms with Crippen molar-refractivity contribution < 1.29 is 9.18 Å². The Labute approximate surface area is 181 Å². The molecule has 0 spiro atoms. The predicted octanol–water partition coefficient (Wildman–Crippen LogP) is 5.60. The maximum absolute atomic E-state index is 13.9. The second kappa shape index (κ2) is 9.11. The minimum atomic E-state index is -0.296. The SMILES string of the molecule is O=C(Nc1cc(Cl)ccc1-n1cncn1)c1ccccc1SCc1ccccc1F. The van der Waals surface area contributed by atoms with Crippen molar-refractivity contribution in [1.82, 2.24) is 14.8 Å². The molecule has 8 heteroatoms. The Balaban J connectivity index is 1.58. The zero-order valence-electron chi connectivity index (χ0n) is 15.6. The Morgan fingerprint density at radius 2 is 1.90 bits per heavy atom. The lowest BCUT2D eigenvalue weighted by Crippen LogP contribution is -2.15. The fourth-order valence-corrected chi connectivity index (χ4v) is 4.09. The van der Waals surface area contributed by atoms with E-state index in [0.717, 1.165) is 4.90 Å². The maximum atomic E-state index is 13.9. The Hall–Kier alpha value is -3.16. The van der Waals surface area contributed by atoms with Gasteiger partial charge in [0.25, 0.3) is 5.91 Å². The number of hydrogen-bond donors (Lipinski definition) is 1. The molecule has 0 saturated heterocycles. The van der Waals surface area contributed by atoms with Crippen molar-refractivity contribution in [1.29, 1.82) is 0 Å². The summed E-state index contributed by atoms with van der Waals surface area (Å²) in [6.07, 6.45) is 2.95. The predicted molar refractivity (Wildman–Crippen MR) is 117 cm³/mol. The monoisotopic (exact) mass is 438 g/mol. The molecule has 0 aliphatic heterocycles. The van der Waals surface area contributed by atoms with Gasteiger partial charge in [0.1, 0.15) is 18.5 Å². The third-order valence-electron chi connectivity index (χ3n) is 4.35. The number of carbonyl (C=O) groups excluding carboxylic acids is 1. The second-order valence-electron chi connectivity index (χ2n) is 6.33. The van der Waals surface area contributed by atoms with Gasteiger partial charge in [0.05, 0.1) is 16.9 Å². The first-order chi connectivity index (χ1) is 14.6. The van der Waals surface area contributed by atoms with Crippen LogP contribution >= 0.6 is 23.4 Å². The van der Waals surface area contributed by atoms with Crippen LogP contribution in [0.5, 0.6) is 0 Å². The van der Waals surface area contributed by atoms with Gasteiger partial charge in [-0.25, -0.2) is 14.1 Å². The smallest absolute Gasteiger partial charge is 0.256 e. The van der Waals surface area contributed by atoms with Crippen LogP contribution in [-0.4, -0.2) is 20.7 Å². The van der Waals surface area contributed by atoms with Gasteiger partial charge >= 0.3 is 0 Å². The summed E-state index contributed by atoms with van der Waals surface area (Å²) in [7, 11) is 0. The van der Waals surface area contributed by atoms with Crippen LogP contribution in [0.15, 0.2) is 84.3 Å². The van der Waals surface area contributed by atoms with Crippen LogP contribution in [0.25, 0.3) is 5.69 Å². The van der Waals surface area contributed by atoms with E-state index in [2.05, 4.69) is 15.4 Å². The minimum absolute atomic E-state index is 0.261. The third-order valence-corrected chi connectivity index (χ3v) is 5.70. The van der Waals surface area contributed by atoms with E-state index in [9.17, 15) is 9.18 Å². The van der Waals surface area contributed by atoms with Gasteiger partial charge in [-0.2, -0.15) is 5.10 Å². The molecule has 1 N–H and O–H groups in total. The molecule has 0 bridgehead atoms. The zero-order chi connectivity index (χ0) is 20.9. The molecule has 0 unspecified atom stereocenters. The van der Waals surface area contributed by atoms with Crippen molar-refractivity contribution in [3.05, 3.63) is 101 Å². The molecule has 5 nitrogen and oxygen atoms in total. The molecule has 0 atom stereocenters. The molecule has 0 saturated carbocycles. The quantitative estimate of drug-likeness (QED) is 0.398. The van der Waals surface area contributed by atoms with Gasteiger partial charge in [0.2, 0.25) is 0 Å². The van der Waals surface area contributed by atoms with Crippen molar-refractivity contribution in [3.8, 4) is 5.69 Å².